The number of rotatable bonds is 10. The van der Waals surface area contributed by atoms with Gasteiger partial charge in [0.25, 0.3) is 0 Å². The van der Waals surface area contributed by atoms with E-state index in [1.807, 2.05) is 27.7 Å². The van der Waals surface area contributed by atoms with Gasteiger partial charge in [0.2, 0.25) is 0 Å². The molecule has 3 aromatic carbocycles. The van der Waals surface area contributed by atoms with Crippen LogP contribution in [0.4, 0.5) is 0 Å². The first kappa shape index (κ1) is 42.3. The fraction of sp³-hybridized carbons (Fsp3) is 0.435. The predicted molar refractivity (Wildman–Crippen MR) is 218 cm³/mol. The van der Waals surface area contributed by atoms with E-state index in [0.29, 0.717) is 5.92 Å². The Hall–Kier alpha value is -3.11. The number of pyridine rings is 1. The van der Waals surface area contributed by atoms with Crippen LogP contribution in [0.15, 0.2) is 72.6 Å². The molecule has 5 rings (SSSR count). The van der Waals surface area contributed by atoms with Gasteiger partial charge in [0.1, 0.15) is 8.07 Å². The van der Waals surface area contributed by atoms with Crippen LogP contribution in [0.25, 0.3) is 33.2 Å². The van der Waals surface area contributed by atoms with Gasteiger partial charge < -0.3 is 9.67 Å². The number of hydrogen-bond acceptors (Lipinski definition) is 2. The first-order chi connectivity index (χ1) is 23.5. The minimum atomic E-state index is -1.96. The van der Waals surface area contributed by atoms with Gasteiger partial charge >= 0.3 is 0 Å². The van der Waals surface area contributed by atoms with E-state index in [0.717, 1.165) is 37.7 Å². The van der Waals surface area contributed by atoms with Crippen molar-refractivity contribution in [1.82, 2.24) is 0 Å². The number of carbonyl (C=O) groups excluding carboxylic acids is 1. The summed E-state index contributed by atoms with van der Waals surface area (Å²) in [6.07, 6.45) is 8.17. The number of nitrogens with zero attached hydrogens (tertiary/aromatic N) is 1. The van der Waals surface area contributed by atoms with Crippen LogP contribution in [0, 0.1) is 31.7 Å². The van der Waals surface area contributed by atoms with Crippen molar-refractivity contribution in [2.24, 2.45) is 17.8 Å². The molecule has 0 bridgehead atoms. The van der Waals surface area contributed by atoms with Gasteiger partial charge in [-0.05, 0) is 76.6 Å². The van der Waals surface area contributed by atoms with Crippen molar-refractivity contribution in [3.05, 3.63) is 103 Å². The standard InChI is InChI=1S/C33H38NSi.C13H24O2.Ir/c1-21(2)18-23-14-15-26-27-16-17-34(7)31(32(27)35(8,9)30(26)19-23)28-20-29(33(4,5)6)25-13-11-10-12-24(25)22(28)3;1-5-10(6-2)12(14)9-13(15)11(7-3)8-4;/h10-17,19-21H,3,7,18H2,1-2,4-6,8-9H3;9-11,14H,5-8H2,1-4H3;/q-1;;/b;12-9-;. The molecule has 2 heterocycles. The Morgan fingerprint density at radius 1 is 0.863 bits per heavy atom. The maximum absolute atomic E-state index is 11.7. The van der Waals surface area contributed by atoms with Crippen molar-refractivity contribution in [3.8, 4) is 22.4 Å². The van der Waals surface area contributed by atoms with E-state index >= 15 is 0 Å². The quantitative estimate of drug-likeness (QED) is 0.0567. The molecular weight excluding hydrogens is 819 g/mol. The monoisotopic (exact) mass is 881 g/mol. The molecule has 5 heteroatoms. The second-order valence-electron chi connectivity index (χ2n) is 16.3. The molecule has 0 aliphatic carbocycles. The molecule has 1 aromatic heterocycles. The molecule has 3 nitrogen and oxygen atoms in total. The molecule has 51 heavy (non-hydrogen) atoms. The fourth-order valence-electron chi connectivity index (χ4n) is 7.86. The summed E-state index contributed by atoms with van der Waals surface area (Å²) in [5.41, 5.74) is 9.19. The minimum Gasteiger partial charge on any atom is -0.512 e. The number of aliphatic hydroxyl groups is 1. The van der Waals surface area contributed by atoms with Gasteiger partial charge in [-0.2, -0.15) is 12.5 Å². The molecule has 1 radical (unpaired) electrons. The molecule has 0 saturated carbocycles. The van der Waals surface area contributed by atoms with Gasteiger partial charge in [-0.25, -0.2) is 0 Å². The first-order valence-corrected chi connectivity index (χ1v) is 21.9. The van der Waals surface area contributed by atoms with E-state index < -0.39 is 8.07 Å². The van der Waals surface area contributed by atoms with Crippen LogP contribution in [-0.2, 0) is 36.7 Å². The van der Waals surface area contributed by atoms with Gasteiger partial charge in [0.05, 0.1) is 17.6 Å². The Labute approximate surface area is 324 Å². The number of aliphatic hydroxyl groups excluding tert-OH is 1. The van der Waals surface area contributed by atoms with E-state index in [4.69, 9.17) is 0 Å². The predicted octanol–water partition coefficient (Wildman–Crippen LogP) is 10.8. The van der Waals surface area contributed by atoms with Crippen molar-refractivity contribution in [2.75, 3.05) is 0 Å². The third kappa shape index (κ3) is 8.75. The largest absolute Gasteiger partial charge is 0.512 e. The fourth-order valence-corrected chi connectivity index (χ4v) is 11.3. The molecule has 0 spiro atoms. The van der Waals surface area contributed by atoms with Crippen molar-refractivity contribution in [3.63, 3.8) is 0 Å². The second kappa shape index (κ2) is 17.1. The molecule has 4 aromatic rings. The third-order valence-corrected chi connectivity index (χ3v) is 14.3. The summed E-state index contributed by atoms with van der Waals surface area (Å²) in [7, 11) is 2.52. The summed E-state index contributed by atoms with van der Waals surface area (Å²) in [6.45, 7) is 29.2. The Kier molecular flexibility index (Phi) is 14.2. The van der Waals surface area contributed by atoms with Crippen LogP contribution >= 0.6 is 0 Å². The normalized spacial score (nSPS) is 13.6. The molecule has 0 atom stereocenters. The molecule has 0 fully saturated rings. The average Bonchev–Trinajstić information content (AvgIpc) is 3.28. The van der Waals surface area contributed by atoms with Crippen LogP contribution < -0.4 is 14.9 Å². The number of carbonyl (C=O) groups is 1. The van der Waals surface area contributed by atoms with Crippen molar-refractivity contribution < 1.29 is 34.6 Å². The number of ketones is 1. The molecule has 1 aliphatic heterocycles. The maximum atomic E-state index is 11.7. The molecule has 277 valence electrons. The molecule has 1 aliphatic rings. The molecular formula is C46H62IrNO2Si-. The van der Waals surface area contributed by atoms with Gasteiger partial charge in [-0.15, -0.1) is 23.1 Å². The van der Waals surface area contributed by atoms with Gasteiger partial charge in [-0.3, -0.25) is 4.79 Å². The van der Waals surface area contributed by atoms with Crippen LogP contribution in [0.3, 0.4) is 0 Å². The summed E-state index contributed by atoms with van der Waals surface area (Å²) >= 11 is 0. The topological polar surface area (TPSA) is 41.2 Å². The van der Waals surface area contributed by atoms with Crippen LogP contribution in [-0.4, -0.2) is 19.0 Å². The summed E-state index contributed by atoms with van der Waals surface area (Å²) in [6, 6.07) is 20.6. The van der Waals surface area contributed by atoms with E-state index in [2.05, 4.69) is 127 Å². The summed E-state index contributed by atoms with van der Waals surface area (Å²) in [5, 5.41) is 15.3. The third-order valence-electron chi connectivity index (χ3n) is 10.8. The number of allylic oxidation sites excluding steroid dienone is 2. The second-order valence-corrected chi connectivity index (χ2v) is 20.6. The van der Waals surface area contributed by atoms with Crippen LogP contribution in [0.2, 0.25) is 13.1 Å². The Balaban J connectivity index is 0.000000374. The number of hydrogen-bond donors (Lipinski definition) is 1. The Bertz CT molecular complexity index is 1870. The van der Waals surface area contributed by atoms with E-state index in [1.54, 1.807) is 5.19 Å². The summed E-state index contributed by atoms with van der Waals surface area (Å²) < 4.78 is 2.10. The summed E-state index contributed by atoms with van der Waals surface area (Å²) in [4.78, 5) is 11.7. The SMILES string of the molecule is CCC(CC)C(=O)/C=C(\O)C(CC)CC.[CH2-]c1c(-c2c3c(cc[n+]2[CH2-])-c2ccc(CC(C)C)cc2[Si]3(C)C)cc(C(C)(C)C)c2ccccc12.[Ir]. The smallest absolute Gasteiger partial charge is 0.162 e. The van der Waals surface area contributed by atoms with Crippen molar-refractivity contribution in [1.29, 1.82) is 0 Å². The van der Waals surface area contributed by atoms with Gasteiger partial charge in [0, 0.05) is 45.1 Å². The minimum absolute atomic E-state index is 0. The van der Waals surface area contributed by atoms with Gasteiger partial charge in [-0.1, -0.05) is 123 Å². The Morgan fingerprint density at radius 2 is 1.45 bits per heavy atom. The average molecular weight is 881 g/mol. The first-order valence-electron chi connectivity index (χ1n) is 18.9. The molecule has 0 saturated heterocycles. The maximum Gasteiger partial charge on any atom is 0.162 e. The number of fused-ring (bicyclic) bond motifs is 4. The van der Waals surface area contributed by atoms with Gasteiger partial charge in [0.15, 0.2) is 5.78 Å². The number of aromatic nitrogens is 1. The van der Waals surface area contributed by atoms with Crippen LogP contribution in [0.5, 0.6) is 0 Å². The van der Waals surface area contributed by atoms with E-state index in [1.165, 1.54) is 55.5 Å². The van der Waals surface area contributed by atoms with Crippen molar-refractivity contribution >= 4 is 35.0 Å². The summed E-state index contributed by atoms with van der Waals surface area (Å²) in [5.74, 6) is 1.20. The van der Waals surface area contributed by atoms with E-state index in [-0.39, 0.29) is 48.9 Å². The zero-order chi connectivity index (χ0) is 37.1. The zero-order valence-electron chi connectivity index (χ0n) is 33.2. The van der Waals surface area contributed by atoms with E-state index in [9.17, 15) is 9.90 Å². The number of benzene rings is 3. The molecule has 0 unspecified atom stereocenters. The molecule has 0 amide bonds. The zero-order valence-corrected chi connectivity index (χ0v) is 36.6. The molecule has 1 N–H and O–H groups in total. The Morgan fingerprint density at radius 3 is 2.00 bits per heavy atom. The van der Waals surface area contributed by atoms with Crippen molar-refractivity contribution in [2.45, 2.75) is 113 Å². The van der Waals surface area contributed by atoms with Crippen LogP contribution in [0.1, 0.15) is 105 Å².